The van der Waals surface area contributed by atoms with Gasteiger partial charge in [-0.2, -0.15) is 0 Å². The largest absolute Gasteiger partial charge is 0.508 e. The summed E-state index contributed by atoms with van der Waals surface area (Å²) in [5.41, 5.74) is 10.9. The Bertz CT molecular complexity index is 1430. The highest BCUT2D eigenvalue weighted by molar-refractivity contribution is 5.85. The number of phenols is 3. The summed E-state index contributed by atoms with van der Waals surface area (Å²) in [5, 5.41) is 31.9. The molecule has 3 aliphatic rings. The molecule has 0 unspecified atom stereocenters. The first-order chi connectivity index (χ1) is 22.0. The monoisotopic (exact) mass is 600 g/mol. The van der Waals surface area contributed by atoms with Crippen LogP contribution in [0.5, 0.6) is 17.2 Å². The topological polar surface area (TPSA) is 60.7 Å². The maximum atomic E-state index is 10.6. The lowest BCUT2D eigenvalue weighted by Gasteiger charge is -2.27. The fourth-order valence-electron chi connectivity index (χ4n) is 8.79. The Hall–Kier alpha value is -3.72. The van der Waals surface area contributed by atoms with Crippen molar-refractivity contribution >= 4 is 0 Å². The van der Waals surface area contributed by atoms with Gasteiger partial charge in [0.25, 0.3) is 0 Å². The summed E-state index contributed by atoms with van der Waals surface area (Å²) in [6.07, 6.45) is 18.3. The SMILES string of the molecule is Oc1ccc(-c2cc(-c3ccc(O)cc3C3CCCCC3)cc(-c3ccc(O)cc3C3CCCCC3)c2)c(C2CCCCC2)c1. The first kappa shape index (κ1) is 30.0. The van der Waals surface area contributed by atoms with Crippen LogP contribution >= 0.6 is 0 Å². The molecule has 0 saturated heterocycles. The number of aromatic hydroxyl groups is 3. The molecule has 4 aromatic carbocycles. The fourth-order valence-corrected chi connectivity index (χ4v) is 8.79. The lowest BCUT2D eigenvalue weighted by atomic mass is 9.77. The van der Waals surface area contributed by atoms with Crippen molar-refractivity contribution in [3.8, 4) is 50.6 Å². The number of hydrogen-bond acceptors (Lipinski definition) is 3. The van der Waals surface area contributed by atoms with Crippen LogP contribution in [0.1, 0.15) is 131 Å². The van der Waals surface area contributed by atoms with E-state index in [1.165, 1.54) is 108 Å². The number of benzene rings is 4. The van der Waals surface area contributed by atoms with Crippen molar-refractivity contribution in [3.63, 3.8) is 0 Å². The van der Waals surface area contributed by atoms with Crippen LogP contribution < -0.4 is 0 Å². The van der Waals surface area contributed by atoms with Crippen molar-refractivity contribution in [2.24, 2.45) is 0 Å². The summed E-state index contributed by atoms with van der Waals surface area (Å²) in [6.45, 7) is 0. The van der Waals surface area contributed by atoms with Crippen molar-refractivity contribution in [2.75, 3.05) is 0 Å². The third-order valence-electron chi connectivity index (χ3n) is 11.1. The second-order valence-electron chi connectivity index (χ2n) is 14.1. The zero-order valence-electron chi connectivity index (χ0n) is 26.6. The van der Waals surface area contributed by atoms with Crippen LogP contribution in [0.15, 0.2) is 72.8 Å². The second-order valence-corrected chi connectivity index (χ2v) is 14.1. The number of rotatable bonds is 6. The molecule has 0 heterocycles. The molecule has 0 radical (unpaired) electrons. The predicted molar refractivity (Wildman–Crippen MR) is 185 cm³/mol. The van der Waals surface area contributed by atoms with E-state index in [0.29, 0.717) is 35.0 Å². The lowest BCUT2D eigenvalue weighted by Crippen LogP contribution is -2.07. The zero-order chi connectivity index (χ0) is 30.8. The van der Waals surface area contributed by atoms with Gasteiger partial charge in [0.05, 0.1) is 0 Å². The quantitative estimate of drug-likeness (QED) is 0.206. The standard InChI is InChI=1S/C42H48O3/c43-34-16-19-37(40(25-34)28-10-4-1-5-11-28)31-22-32(38-20-17-35(44)26-41(38)29-12-6-2-7-13-29)24-33(23-31)39-21-18-36(45)27-42(39)30-14-8-3-9-15-30/h16-30,43-45H,1-15H2. The van der Waals surface area contributed by atoms with Crippen LogP contribution in [-0.4, -0.2) is 15.3 Å². The summed E-state index contributed by atoms with van der Waals surface area (Å²) >= 11 is 0. The van der Waals surface area contributed by atoms with Gasteiger partial charge in [-0.05, 0) is 161 Å². The third kappa shape index (κ3) is 6.50. The summed E-state index contributed by atoms with van der Waals surface area (Å²) < 4.78 is 0. The van der Waals surface area contributed by atoms with E-state index in [1.807, 2.05) is 36.4 Å². The average molecular weight is 601 g/mol. The van der Waals surface area contributed by atoms with Gasteiger partial charge in [0.1, 0.15) is 17.2 Å². The molecule has 0 aromatic heterocycles. The van der Waals surface area contributed by atoms with Crippen molar-refractivity contribution in [1.29, 1.82) is 0 Å². The molecule has 4 aromatic rings. The highest BCUT2D eigenvalue weighted by Crippen LogP contribution is 2.46. The van der Waals surface area contributed by atoms with Crippen LogP contribution in [0, 0.1) is 0 Å². The minimum absolute atomic E-state index is 0.340. The Morgan fingerprint density at radius 2 is 0.600 bits per heavy atom. The van der Waals surface area contributed by atoms with Gasteiger partial charge in [-0.25, -0.2) is 0 Å². The van der Waals surface area contributed by atoms with E-state index in [-0.39, 0.29) is 0 Å². The molecule has 7 rings (SSSR count). The molecule has 3 heteroatoms. The van der Waals surface area contributed by atoms with E-state index in [2.05, 4.69) is 36.4 Å². The fraction of sp³-hybridized carbons (Fsp3) is 0.429. The Morgan fingerprint density at radius 1 is 0.333 bits per heavy atom. The molecule has 3 N–H and O–H groups in total. The van der Waals surface area contributed by atoms with Crippen molar-refractivity contribution in [2.45, 2.75) is 114 Å². The van der Waals surface area contributed by atoms with Gasteiger partial charge >= 0.3 is 0 Å². The normalized spacial score (nSPS) is 18.7. The first-order valence-electron chi connectivity index (χ1n) is 17.7. The Morgan fingerprint density at radius 3 is 0.867 bits per heavy atom. The minimum Gasteiger partial charge on any atom is -0.508 e. The molecule has 3 saturated carbocycles. The zero-order valence-corrected chi connectivity index (χ0v) is 26.6. The molecular weight excluding hydrogens is 552 g/mol. The van der Waals surface area contributed by atoms with Gasteiger partial charge < -0.3 is 15.3 Å². The molecule has 0 bridgehead atoms. The molecule has 0 atom stereocenters. The van der Waals surface area contributed by atoms with E-state index in [1.54, 1.807) is 0 Å². The molecule has 234 valence electrons. The van der Waals surface area contributed by atoms with Gasteiger partial charge in [0, 0.05) is 0 Å². The Labute approximate surface area is 269 Å². The van der Waals surface area contributed by atoms with Crippen molar-refractivity contribution < 1.29 is 15.3 Å². The van der Waals surface area contributed by atoms with Crippen molar-refractivity contribution in [3.05, 3.63) is 89.5 Å². The van der Waals surface area contributed by atoms with Crippen LogP contribution in [-0.2, 0) is 0 Å². The van der Waals surface area contributed by atoms with Gasteiger partial charge in [0.2, 0.25) is 0 Å². The third-order valence-corrected chi connectivity index (χ3v) is 11.1. The molecule has 3 aliphatic carbocycles. The molecule has 3 fully saturated rings. The van der Waals surface area contributed by atoms with Crippen molar-refractivity contribution in [1.82, 2.24) is 0 Å². The van der Waals surface area contributed by atoms with Crippen LogP contribution in [0.4, 0.5) is 0 Å². The van der Waals surface area contributed by atoms with E-state index >= 15 is 0 Å². The highest BCUT2D eigenvalue weighted by atomic mass is 16.3. The molecule has 45 heavy (non-hydrogen) atoms. The molecule has 3 nitrogen and oxygen atoms in total. The van der Waals surface area contributed by atoms with Gasteiger partial charge in [0.15, 0.2) is 0 Å². The summed E-state index contributed by atoms with van der Waals surface area (Å²) in [7, 11) is 0. The summed E-state index contributed by atoms with van der Waals surface area (Å²) in [5.74, 6) is 2.37. The Balaban J connectivity index is 1.44. The average Bonchev–Trinajstić information content (AvgIpc) is 3.09. The molecule has 0 amide bonds. The van der Waals surface area contributed by atoms with Crippen LogP contribution in [0.3, 0.4) is 0 Å². The Kier molecular flexibility index (Phi) is 8.88. The summed E-state index contributed by atoms with van der Waals surface area (Å²) in [6, 6.07) is 25.0. The van der Waals surface area contributed by atoms with E-state index in [9.17, 15) is 15.3 Å². The minimum atomic E-state index is 0.340. The van der Waals surface area contributed by atoms with Gasteiger partial charge in [-0.3, -0.25) is 0 Å². The van der Waals surface area contributed by atoms with E-state index in [4.69, 9.17) is 0 Å². The van der Waals surface area contributed by atoms with Gasteiger partial charge in [-0.1, -0.05) is 76.0 Å². The second kappa shape index (κ2) is 13.3. The van der Waals surface area contributed by atoms with Gasteiger partial charge in [-0.15, -0.1) is 0 Å². The maximum absolute atomic E-state index is 10.6. The first-order valence-corrected chi connectivity index (χ1v) is 17.7. The van der Waals surface area contributed by atoms with Crippen LogP contribution in [0.25, 0.3) is 33.4 Å². The highest BCUT2D eigenvalue weighted by Gasteiger charge is 2.25. The molecule has 0 spiro atoms. The number of hydrogen-bond donors (Lipinski definition) is 3. The smallest absolute Gasteiger partial charge is 0.115 e. The van der Waals surface area contributed by atoms with Crippen LogP contribution in [0.2, 0.25) is 0 Å². The predicted octanol–water partition coefficient (Wildman–Crippen LogP) is 11.9. The molecular formula is C42H48O3. The summed E-state index contributed by atoms with van der Waals surface area (Å²) in [4.78, 5) is 0. The maximum Gasteiger partial charge on any atom is 0.115 e. The van der Waals surface area contributed by atoms with E-state index < -0.39 is 0 Å². The van der Waals surface area contributed by atoms with E-state index in [0.717, 1.165) is 38.5 Å². The molecule has 0 aliphatic heterocycles. The number of phenolic OH excluding ortho intramolecular Hbond substituents is 3. The lowest BCUT2D eigenvalue weighted by molar-refractivity contribution is 0.439.